The van der Waals surface area contributed by atoms with E-state index in [9.17, 15) is 4.79 Å². The average molecular weight is 244 g/mol. The molecule has 1 amide bonds. The summed E-state index contributed by atoms with van der Waals surface area (Å²) in [6.07, 6.45) is 1.76. The largest absolute Gasteiger partial charge is 0.382 e. The van der Waals surface area contributed by atoms with Crippen molar-refractivity contribution in [3.8, 4) is 0 Å². The maximum Gasteiger partial charge on any atom is 0.241 e. The Labute approximate surface area is 106 Å². The average Bonchev–Trinajstić information content (AvgIpc) is 2.67. The summed E-state index contributed by atoms with van der Waals surface area (Å²) in [5.41, 5.74) is 7.57. The van der Waals surface area contributed by atoms with Gasteiger partial charge in [-0.3, -0.25) is 9.48 Å². The topological polar surface area (TPSA) is 72.9 Å². The Morgan fingerprint density at radius 3 is 2.72 bits per heavy atom. The fraction of sp³-hybridized carbons (Fsp3) is 0.231. The smallest absolute Gasteiger partial charge is 0.241 e. The Morgan fingerprint density at radius 2 is 2.11 bits per heavy atom. The van der Waals surface area contributed by atoms with Crippen molar-refractivity contribution in [3.05, 3.63) is 47.7 Å². The molecule has 1 aromatic heterocycles. The minimum absolute atomic E-state index is 0.0821. The second kappa shape index (κ2) is 5.35. The van der Waals surface area contributed by atoms with Crippen LogP contribution < -0.4 is 11.1 Å². The highest BCUT2D eigenvalue weighted by Gasteiger charge is 2.05. The van der Waals surface area contributed by atoms with Crippen LogP contribution in [-0.4, -0.2) is 15.7 Å². The molecule has 0 saturated heterocycles. The number of nitrogen functional groups attached to an aromatic ring is 1. The van der Waals surface area contributed by atoms with Gasteiger partial charge in [-0.05, 0) is 12.5 Å². The lowest BCUT2D eigenvalue weighted by molar-refractivity contribution is -0.122. The van der Waals surface area contributed by atoms with Gasteiger partial charge < -0.3 is 11.1 Å². The predicted octanol–water partition coefficient (Wildman–Crippen LogP) is 1.09. The quantitative estimate of drug-likeness (QED) is 0.845. The lowest BCUT2D eigenvalue weighted by Crippen LogP contribution is -2.27. The van der Waals surface area contributed by atoms with Gasteiger partial charge in [-0.2, -0.15) is 5.10 Å². The molecule has 0 aliphatic carbocycles. The first kappa shape index (κ1) is 12.2. The fourth-order valence-corrected chi connectivity index (χ4v) is 1.62. The van der Waals surface area contributed by atoms with Gasteiger partial charge >= 0.3 is 0 Å². The molecule has 0 bridgehead atoms. The molecule has 0 radical (unpaired) electrons. The van der Waals surface area contributed by atoms with E-state index in [1.807, 2.05) is 37.3 Å². The second-order valence-corrected chi connectivity index (χ2v) is 4.16. The lowest BCUT2D eigenvalue weighted by Gasteiger charge is -2.05. The van der Waals surface area contributed by atoms with E-state index in [4.69, 9.17) is 5.73 Å². The number of hydrogen-bond acceptors (Lipinski definition) is 3. The molecule has 3 N–H and O–H groups in total. The Hall–Kier alpha value is -2.30. The summed E-state index contributed by atoms with van der Waals surface area (Å²) in [6, 6.07) is 9.77. The molecule has 0 spiro atoms. The predicted molar refractivity (Wildman–Crippen MR) is 69.7 cm³/mol. The number of amides is 1. The Morgan fingerprint density at radius 1 is 1.39 bits per heavy atom. The lowest BCUT2D eigenvalue weighted by atomic mass is 10.2. The second-order valence-electron chi connectivity index (χ2n) is 4.16. The minimum Gasteiger partial charge on any atom is -0.382 e. The normalized spacial score (nSPS) is 10.3. The van der Waals surface area contributed by atoms with Crippen LogP contribution in [0.4, 0.5) is 5.82 Å². The van der Waals surface area contributed by atoms with Crippen molar-refractivity contribution in [2.75, 3.05) is 5.73 Å². The van der Waals surface area contributed by atoms with Crippen molar-refractivity contribution in [2.24, 2.45) is 0 Å². The standard InChI is InChI=1S/C13H16N4O/c1-10-8-17(16-13(10)14)9-12(18)15-7-11-5-3-2-4-6-11/h2-6,8H,7,9H2,1H3,(H2,14,16)(H,15,18). The number of anilines is 1. The molecule has 0 atom stereocenters. The van der Waals surface area contributed by atoms with Gasteiger partial charge in [0.1, 0.15) is 12.4 Å². The highest BCUT2D eigenvalue weighted by Crippen LogP contribution is 2.05. The molecule has 2 rings (SSSR count). The van der Waals surface area contributed by atoms with E-state index in [-0.39, 0.29) is 12.5 Å². The van der Waals surface area contributed by atoms with Gasteiger partial charge in [-0.1, -0.05) is 30.3 Å². The third-order valence-corrected chi connectivity index (χ3v) is 2.62. The molecule has 5 heteroatoms. The van der Waals surface area contributed by atoms with Gasteiger partial charge in [0.25, 0.3) is 0 Å². The third-order valence-electron chi connectivity index (χ3n) is 2.62. The van der Waals surface area contributed by atoms with Crippen LogP contribution in [0, 0.1) is 6.92 Å². The van der Waals surface area contributed by atoms with E-state index in [1.165, 1.54) is 0 Å². The van der Waals surface area contributed by atoms with E-state index < -0.39 is 0 Å². The summed E-state index contributed by atoms with van der Waals surface area (Å²) in [5, 5.41) is 6.87. The van der Waals surface area contributed by atoms with Crippen molar-refractivity contribution in [2.45, 2.75) is 20.0 Å². The summed E-state index contributed by atoms with van der Waals surface area (Å²) in [6.45, 7) is 2.57. The van der Waals surface area contributed by atoms with Crippen molar-refractivity contribution in [3.63, 3.8) is 0 Å². The number of carbonyl (C=O) groups is 1. The first-order chi connectivity index (χ1) is 8.65. The Kier molecular flexibility index (Phi) is 3.62. The monoisotopic (exact) mass is 244 g/mol. The number of aromatic nitrogens is 2. The first-order valence-electron chi connectivity index (χ1n) is 5.75. The van der Waals surface area contributed by atoms with E-state index in [2.05, 4.69) is 10.4 Å². The van der Waals surface area contributed by atoms with Crippen LogP contribution >= 0.6 is 0 Å². The summed E-state index contributed by atoms with van der Waals surface area (Å²) in [5.74, 6) is 0.382. The summed E-state index contributed by atoms with van der Waals surface area (Å²) in [4.78, 5) is 11.7. The van der Waals surface area contributed by atoms with E-state index in [0.717, 1.165) is 11.1 Å². The number of nitrogens with zero attached hydrogens (tertiary/aromatic N) is 2. The maximum atomic E-state index is 11.7. The van der Waals surface area contributed by atoms with Gasteiger partial charge in [0.2, 0.25) is 5.91 Å². The van der Waals surface area contributed by atoms with Gasteiger partial charge in [-0.25, -0.2) is 0 Å². The van der Waals surface area contributed by atoms with Crippen LogP contribution in [0.5, 0.6) is 0 Å². The van der Waals surface area contributed by atoms with Crippen LogP contribution in [0.3, 0.4) is 0 Å². The van der Waals surface area contributed by atoms with Crippen LogP contribution in [-0.2, 0) is 17.9 Å². The van der Waals surface area contributed by atoms with Crippen molar-refractivity contribution < 1.29 is 4.79 Å². The zero-order chi connectivity index (χ0) is 13.0. The highest BCUT2D eigenvalue weighted by atomic mass is 16.2. The van der Waals surface area contributed by atoms with Gasteiger partial charge in [0, 0.05) is 18.3 Å². The number of aryl methyl sites for hydroxylation is 1. The molecule has 0 aliphatic rings. The van der Waals surface area contributed by atoms with Gasteiger partial charge in [-0.15, -0.1) is 0 Å². The van der Waals surface area contributed by atoms with Crippen LogP contribution in [0.2, 0.25) is 0 Å². The van der Waals surface area contributed by atoms with Crippen LogP contribution in [0.15, 0.2) is 36.5 Å². The zero-order valence-corrected chi connectivity index (χ0v) is 10.3. The fourth-order valence-electron chi connectivity index (χ4n) is 1.62. The maximum absolute atomic E-state index is 11.7. The summed E-state index contributed by atoms with van der Waals surface area (Å²) < 4.78 is 1.55. The number of rotatable bonds is 4. The Bertz CT molecular complexity index is 514. The van der Waals surface area contributed by atoms with Crippen molar-refractivity contribution in [1.82, 2.24) is 15.1 Å². The number of carbonyl (C=O) groups excluding carboxylic acids is 1. The van der Waals surface area contributed by atoms with E-state index in [0.29, 0.717) is 12.4 Å². The molecule has 94 valence electrons. The Balaban J connectivity index is 1.86. The molecule has 1 heterocycles. The number of nitrogens with two attached hydrogens (primary N) is 1. The molecule has 0 saturated carbocycles. The molecular formula is C13H16N4O. The molecule has 0 unspecified atom stereocenters. The zero-order valence-electron chi connectivity index (χ0n) is 10.3. The molecule has 5 nitrogen and oxygen atoms in total. The number of benzene rings is 1. The molecule has 2 aromatic rings. The van der Waals surface area contributed by atoms with E-state index >= 15 is 0 Å². The molecular weight excluding hydrogens is 228 g/mol. The SMILES string of the molecule is Cc1cn(CC(=O)NCc2ccccc2)nc1N. The van der Waals surface area contributed by atoms with Crippen LogP contribution in [0.25, 0.3) is 0 Å². The molecule has 18 heavy (non-hydrogen) atoms. The number of hydrogen-bond donors (Lipinski definition) is 2. The third kappa shape index (κ3) is 3.10. The highest BCUT2D eigenvalue weighted by molar-refractivity contribution is 5.75. The molecule has 0 fully saturated rings. The van der Waals surface area contributed by atoms with Gasteiger partial charge in [0.05, 0.1) is 0 Å². The summed E-state index contributed by atoms with van der Waals surface area (Å²) in [7, 11) is 0. The molecule has 0 aliphatic heterocycles. The van der Waals surface area contributed by atoms with Crippen molar-refractivity contribution >= 4 is 11.7 Å². The summed E-state index contributed by atoms with van der Waals surface area (Å²) >= 11 is 0. The van der Waals surface area contributed by atoms with Crippen molar-refractivity contribution in [1.29, 1.82) is 0 Å². The number of nitrogens with one attached hydrogen (secondary N) is 1. The molecule has 1 aromatic carbocycles. The first-order valence-corrected chi connectivity index (χ1v) is 5.75. The minimum atomic E-state index is -0.0821. The van der Waals surface area contributed by atoms with Crippen LogP contribution in [0.1, 0.15) is 11.1 Å². The van der Waals surface area contributed by atoms with Gasteiger partial charge in [0.15, 0.2) is 0 Å². The van der Waals surface area contributed by atoms with E-state index in [1.54, 1.807) is 10.9 Å².